The van der Waals surface area contributed by atoms with E-state index in [4.69, 9.17) is 13.5 Å². The zero-order valence-corrected chi connectivity index (χ0v) is 15.5. The molecule has 0 radical (unpaired) electrons. The summed E-state index contributed by atoms with van der Waals surface area (Å²) in [5.74, 6) is -3.77. The van der Waals surface area contributed by atoms with Crippen LogP contribution >= 0.6 is 0 Å². The SMILES string of the molecule is C=C(F)c1cc(OS(=O)(=O)O)cc2nc(-c3ccc(OS(=O)(=O)O)c(F)c3)oc12. The molecule has 154 valence electrons. The second-order valence-electron chi connectivity index (χ2n) is 5.41. The van der Waals surface area contributed by atoms with E-state index in [1.165, 1.54) is 0 Å². The highest BCUT2D eigenvalue weighted by Gasteiger charge is 2.20. The van der Waals surface area contributed by atoms with Crippen molar-refractivity contribution in [3.05, 3.63) is 48.3 Å². The van der Waals surface area contributed by atoms with Crippen LogP contribution in [0.1, 0.15) is 5.56 Å². The third kappa shape index (κ3) is 4.86. The number of hydrogen-bond donors (Lipinski definition) is 2. The Hall–Kier alpha value is -3.07. The van der Waals surface area contributed by atoms with Gasteiger partial charge in [0.2, 0.25) is 5.89 Å². The molecule has 0 bridgehead atoms. The number of fused-ring (bicyclic) bond motifs is 1. The standard InChI is InChI=1S/C15H9F2NO9S2/c1-7(16)10-5-9(26-28(19,20)21)6-12-14(10)25-15(18-12)8-2-3-13(11(17)4-8)27-29(22,23)24/h2-6H,1H2,(H,19,20,21)(H,22,23,24). The van der Waals surface area contributed by atoms with Crippen molar-refractivity contribution >= 4 is 37.7 Å². The molecule has 3 aromatic rings. The number of oxazole rings is 1. The van der Waals surface area contributed by atoms with Crippen LogP contribution in [0.25, 0.3) is 28.4 Å². The van der Waals surface area contributed by atoms with Crippen LogP contribution in [-0.4, -0.2) is 30.9 Å². The summed E-state index contributed by atoms with van der Waals surface area (Å²) in [6.07, 6.45) is 0. The molecule has 0 aliphatic carbocycles. The topological polar surface area (TPSA) is 153 Å². The summed E-state index contributed by atoms with van der Waals surface area (Å²) in [4.78, 5) is 3.96. The van der Waals surface area contributed by atoms with Crippen molar-refractivity contribution in [3.63, 3.8) is 0 Å². The summed E-state index contributed by atoms with van der Waals surface area (Å²) in [5, 5.41) is 0. The van der Waals surface area contributed by atoms with Gasteiger partial charge in [-0.2, -0.15) is 16.8 Å². The van der Waals surface area contributed by atoms with Crippen LogP contribution in [0.15, 0.2) is 41.3 Å². The highest BCUT2D eigenvalue weighted by atomic mass is 32.3. The molecule has 0 aliphatic rings. The van der Waals surface area contributed by atoms with Gasteiger partial charge in [0, 0.05) is 11.6 Å². The van der Waals surface area contributed by atoms with E-state index in [9.17, 15) is 25.6 Å². The molecule has 0 unspecified atom stereocenters. The van der Waals surface area contributed by atoms with Gasteiger partial charge in [-0.25, -0.2) is 13.8 Å². The molecule has 0 atom stereocenters. The number of hydrogen-bond acceptors (Lipinski definition) is 8. The molecular weight excluding hydrogens is 440 g/mol. The maximum absolute atomic E-state index is 14.0. The van der Waals surface area contributed by atoms with E-state index in [1.54, 1.807) is 0 Å². The Morgan fingerprint density at radius 3 is 2.28 bits per heavy atom. The van der Waals surface area contributed by atoms with Crippen molar-refractivity contribution in [1.82, 2.24) is 4.98 Å². The van der Waals surface area contributed by atoms with Crippen molar-refractivity contribution < 1.29 is 47.5 Å². The molecule has 10 nitrogen and oxygen atoms in total. The lowest BCUT2D eigenvalue weighted by molar-refractivity contribution is 0.376. The number of nitrogens with zero attached hydrogens (tertiary/aromatic N) is 1. The van der Waals surface area contributed by atoms with E-state index in [-0.39, 0.29) is 28.1 Å². The molecule has 0 fully saturated rings. The molecular formula is C15H9F2NO9S2. The van der Waals surface area contributed by atoms with Crippen molar-refractivity contribution in [2.45, 2.75) is 0 Å². The Morgan fingerprint density at radius 1 is 1.07 bits per heavy atom. The molecule has 0 spiro atoms. The number of rotatable bonds is 6. The molecule has 29 heavy (non-hydrogen) atoms. The Balaban J connectivity index is 2.10. The summed E-state index contributed by atoms with van der Waals surface area (Å²) >= 11 is 0. The van der Waals surface area contributed by atoms with Gasteiger partial charge in [0.15, 0.2) is 17.1 Å². The molecule has 0 saturated carbocycles. The first kappa shape index (κ1) is 20.7. The highest BCUT2D eigenvalue weighted by Crippen LogP contribution is 2.35. The largest absolute Gasteiger partial charge is 0.446 e. The van der Waals surface area contributed by atoms with Gasteiger partial charge in [-0.05, 0) is 24.3 Å². The second kappa shape index (κ2) is 7.07. The van der Waals surface area contributed by atoms with Gasteiger partial charge in [-0.15, -0.1) is 0 Å². The van der Waals surface area contributed by atoms with Gasteiger partial charge in [-0.3, -0.25) is 9.11 Å². The number of aromatic nitrogens is 1. The minimum atomic E-state index is -4.95. The van der Waals surface area contributed by atoms with E-state index in [2.05, 4.69) is 19.9 Å². The van der Waals surface area contributed by atoms with Crippen LogP contribution in [-0.2, 0) is 20.8 Å². The number of benzene rings is 2. The maximum Gasteiger partial charge on any atom is 0.446 e. The summed E-state index contributed by atoms with van der Waals surface area (Å²) in [6.45, 7) is 3.08. The fourth-order valence-electron chi connectivity index (χ4n) is 2.32. The molecule has 0 aliphatic heterocycles. The normalized spacial score (nSPS) is 12.1. The first-order valence-electron chi connectivity index (χ1n) is 7.25. The molecule has 1 aromatic heterocycles. The Morgan fingerprint density at radius 2 is 1.72 bits per heavy atom. The zero-order valence-electron chi connectivity index (χ0n) is 13.9. The van der Waals surface area contributed by atoms with Crippen LogP contribution in [0.3, 0.4) is 0 Å². The van der Waals surface area contributed by atoms with Gasteiger partial charge in [0.25, 0.3) is 0 Å². The Labute approximate surface area is 161 Å². The predicted molar refractivity (Wildman–Crippen MR) is 93.9 cm³/mol. The molecule has 0 saturated heterocycles. The van der Waals surface area contributed by atoms with Gasteiger partial charge in [0.1, 0.15) is 17.1 Å². The summed E-state index contributed by atoms with van der Waals surface area (Å²) < 4.78 is 102. The van der Waals surface area contributed by atoms with Gasteiger partial charge in [0.05, 0.1) is 5.56 Å². The van der Waals surface area contributed by atoms with E-state index in [0.717, 1.165) is 30.3 Å². The van der Waals surface area contributed by atoms with Crippen LogP contribution < -0.4 is 8.37 Å². The van der Waals surface area contributed by atoms with Crippen LogP contribution in [0, 0.1) is 5.82 Å². The van der Waals surface area contributed by atoms with Crippen LogP contribution in [0.5, 0.6) is 11.5 Å². The van der Waals surface area contributed by atoms with Crippen LogP contribution in [0.4, 0.5) is 8.78 Å². The van der Waals surface area contributed by atoms with Crippen molar-refractivity contribution in [2.75, 3.05) is 0 Å². The number of halogens is 2. The average molecular weight is 449 g/mol. The molecule has 0 amide bonds. The third-order valence-corrected chi connectivity index (χ3v) is 4.12. The Bertz CT molecular complexity index is 1350. The summed E-state index contributed by atoms with van der Waals surface area (Å²) in [7, 11) is -9.85. The average Bonchev–Trinajstić information content (AvgIpc) is 2.97. The van der Waals surface area contributed by atoms with Gasteiger partial charge >= 0.3 is 20.8 Å². The van der Waals surface area contributed by atoms with Crippen molar-refractivity contribution in [3.8, 4) is 23.0 Å². The molecule has 2 N–H and O–H groups in total. The van der Waals surface area contributed by atoms with E-state index in [1.807, 2.05) is 0 Å². The Kier molecular flexibility index (Phi) is 5.04. The minimum Gasteiger partial charge on any atom is -0.435 e. The molecule has 1 heterocycles. The highest BCUT2D eigenvalue weighted by molar-refractivity contribution is 7.81. The van der Waals surface area contributed by atoms with Crippen molar-refractivity contribution in [1.29, 1.82) is 0 Å². The van der Waals surface area contributed by atoms with E-state index >= 15 is 0 Å². The predicted octanol–water partition coefficient (Wildman–Crippen LogP) is 2.94. The van der Waals surface area contributed by atoms with E-state index in [0.29, 0.717) is 0 Å². The van der Waals surface area contributed by atoms with Gasteiger partial charge in [-0.1, -0.05) is 6.58 Å². The van der Waals surface area contributed by atoms with Gasteiger partial charge < -0.3 is 12.8 Å². The lowest BCUT2D eigenvalue weighted by Crippen LogP contribution is -2.07. The molecule has 14 heteroatoms. The quantitative estimate of drug-likeness (QED) is 0.537. The maximum atomic E-state index is 14.0. The smallest absolute Gasteiger partial charge is 0.435 e. The summed E-state index contributed by atoms with van der Waals surface area (Å²) in [6, 6.07) is 4.67. The fraction of sp³-hybridized carbons (Fsp3) is 0. The monoisotopic (exact) mass is 449 g/mol. The first-order valence-corrected chi connectivity index (χ1v) is 9.98. The summed E-state index contributed by atoms with van der Waals surface area (Å²) in [5.41, 5.74) is -0.678. The van der Waals surface area contributed by atoms with Crippen LogP contribution in [0.2, 0.25) is 0 Å². The fourth-order valence-corrected chi connectivity index (χ4v) is 3.02. The minimum absolute atomic E-state index is 0.0333. The van der Waals surface area contributed by atoms with E-state index < -0.39 is 43.9 Å². The lowest BCUT2D eigenvalue weighted by atomic mass is 10.1. The lowest BCUT2D eigenvalue weighted by Gasteiger charge is -2.04. The molecule has 3 rings (SSSR count). The third-order valence-electron chi connectivity index (χ3n) is 3.33. The second-order valence-corrected chi connectivity index (χ2v) is 7.45. The first-order chi connectivity index (χ1) is 13.3. The zero-order chi connectivity index (χ0) is 21.6. The van der Waals surface area contributed by atoms with Crippen molar-refractivity contribution in [2.24, 2.45) is 0 Å². The molecule has 2 aromatic carbocycles.